The van der Waals surface area contributed by atoms with Gasteiger partial charge in [0.05, 0.1) is 12.2 Å². The summed E-state index contributed by atoms with van der Waals surface area (Å²) in [5, 5.41) is 17.7. The van der Waals surface area contributed by atoms with Crippen molar-refractivity contribution in [3.05, 3.63) is 0 Å². The largest absolute Gasteiger partial charge is 0.393 e. The van der Waals surface area contributed by atoms with E-state index in [1.807, 2.05) is 27.7 Å². The normalized spacial score (nSPS) is 13.4. The van der Waals surface area contributed by atoms with Gasteiger partial charge in [-0.1, -0.05) is 74.7 Å². The average Bonchev–Trinajstić information content (AvgIpc) is 2.34. The summed E-state index contributed by atoms with van der Waals surface area (Å²) in [5.74, 6) is 1.95. The van der Waals surface area contributed by atoms with E-state index in [4.69, 9.17) is 10.2 Å². The summed E-state index contributed by atoms with van der Waals surface area (Å²) in [6.45, 7) is 18.8. The molecule has 2 nitrogen and oxygen atoms in total. The number of hydrogen-bond donors (Lipinski definition) is 2. The molecular formula is C19H44O2. The zero-order valence-corrected chi connectivity index (χ0v) is 16.3. The minimum absolute atomic E-state index is 0.0972. The van der Waals surface area contributed by atoms with Crippen LogP contribution in [0, 0.1) is 17.8 Å². The van der Waals surface area contributed by atoms with Gasteiger partial charge in [-0.2, -0.15) is 0 Å². The van der Waals surface area contributed by atoms with Crippen LogP contribution in [-0.2, 0) is 0 Å². The van der Waals surface area contributed by atoms with Crippen LogP contribution in [0.25, 0.3) is 0 Å². The molecule has 0 spiro atoms. The van der Waals surface area contributed by atoms with Crippen molar-refractivity contribution < 1.29 is 10.2 Å². The number of unbranched alkanes of at least 4 members (excludes halogenated alkanes) is 1. The second-order valence-electron chi connectivity index (χ2n) is 7.23. The van der Waals surface area contributed by atoms with Crippen LogP contribution in [0.1, 0.15) is 94.4 Å². The third-order valence-electron chi connectivity index (χ3n) is 3.14. The lowest BCUT2D eigenvalue weighted by Crippen LogP contribution is -2.11. The summed E-state index contributed by atoms with van der Waals surface area (Å²) in [5.41, 5.74) is 0. The van der Waals surface area contributed by atoms with Crippen molar-refractivity contribution in [1.29, 1.82) is 0 Å². The third kappa shape index (κ3) is 33.0. The Morgan fingerprint density at radius 2 is 1.24 bits per heavy atom. The summed E-state index contributed by atoms with van der Waals surface area (Å²) in [7, 11) is 0. The maximum atomic E-state index is 8.94. The Hall–Kier alpha value is -0.0800. The first kappa shape index (κ1) is 25.9. The molecule has 0 aliphatic heterocycles. The molecule has 2 N–H and O–H groups in total. The Labute approximate surface area is 135 Å². The van der Waals surface area contributed by atoms with Crippen LogP contribution < -0.4 is 0 Å². The molecule has 132 valence electrons. The van der Waals surface area contributed by atoms with Crippen molar-refractivity contribution in [2.75, 3.05) is 0 Å². The van der Waals surface area contributed by atoms with Gasteiger partial charge in [-0.25, -0.2) is 0 Å². The minimum atomic E-state index is -0.125. The molecule has 2 atom stereocenters. The van der Waals surface area contributed by atoms with Crippen LogP contribution in [0.2, 0.25) is 0 Å². The zero-order valence-electron chi connectivity index (χ0n) is 16.3. The van der Waals surface area contributed by atoms with Gasteiger partial charge in [0.2, 0.25) is 0 Å². The fraction of sp³-hybridized carbons (Fsp3) is 1.00. The van der Waals surface area contributed by atoms with Crippen molar-refractivity contribution in [2.45, 2.75) is 107 Å². The summed E-state index contributed by atoms with van der Waals surface area (Å²) in [4.78, 5) is 0. The van der Waals surface area contributed by atoms with Gasteiger partial charge < -0.3 is 10.2 Å². The first-order valence-corrected chi connectivity index (χ1v) is 8.94. The Morgan fingerprint density at radius 3 is 1.29 bits per heavy atom. The second kappa shape index (κ2) is 18.0. The fourth-order valence-corrected chi connectivity index (χ4v) is 1.77. The number of rotatable bonds is 7. The summed E-state index contributed by atoms with van der Waals surface area (Å²) >= 11 is 0. The Kier molecular flexibility index (Phi) is 22.1. The molecule has 2 heteroatoms. The van der Waals surface area contributed by atoms with E-state index in [0.29, 0.717) is 11.8 Å². The molecule has 0 bridgehead atoms. The van der Waals surface area contributed by atoms with Crippen LogP contribution in [0.4, 0.5) is 0 Å². The van der Waals surface area contributed by atoms with Gasteiger partial charge in [-0.3, -0.25) is 0 Å². The SMILES string of the molecule is CC(C)CC(C)O.CCC(O)C(C)C.CCCCC(C)C. The Balaban J connectivity index is -0.000000231. The molecule has 0 radical (unpaired) electrons. The number of hydrogen-bond acceptors (Lipinski definition) is 2. The highest BCUT2D eigenvalue weighted by atomic mass is 16.3. The van der Waals surface area contributed by atoms with Gasteiger partial charge in [-0.15, -0.1) is 0 Å². The van der Waals surface area contributed by atoms with Gasteiger partial charge in [0.1, 0.15) is 0 Å². The van der Waals surface area contributed by atoms with Crippen LogP contribution in [-0.4, -0.2) is 22.4 Å². The van der Waals surface area contributed by atoms with E-state index in [1.54, 1.807) is 0 Å². The quantitative estimate of drug-likeness (QED) is 0.637. The Morgan fingerprint density at radius 1 is 0.762 bits per heavy atom. The Bertz CT molecular complexity index is 168. The monoisotopic (exact) mass is 304 g/mol. The van der Waals surface area contributed by atoms with Crippen molar-refractivity contribution >= 4 is 0 Å². The highest BCUT2D eigenvalue weighted by Crippen LogP contribution is 2.04. The maximum Gasteiger partial charge on any atom is 0.0560 e. The van der Waals surface area contributed by atoms with Crippen molar-refractivity contribution in [3.8, 4) is 0 Å². The van der Waals surface area contributed by atoms with Crippen LogP contribution in [0.5, 0.6) is 0 Å². The molecule has 0 heterocycles. The zero-order chi connectivity index (χ0) is 17.4. The summed E-state index contributed by atoms with van der Waals surface area (Å²) < 4.78 is 0. The van der Waals surface area contributed by atoms with Crippen LogP contribution >= 0.6 is 0 Å². The van der Waals surface area contributed by atoms with Gasteiger partial charge in [0, 0.05) is 0 Å². The maximum absolute atomic E-state index is 8.94. The van der Waals surface area contributed by atoms with E-state index in [1.165, 1.54) is 19.3 Å². The molecule has 0 aromatic carbocycles. The van der Waals surface area contributed by atoms with Crippen LogP contribution in [0.3, 0.4) is 0 Å². The molecule has 0 rings (SSSR count). The van der Waals surface area contributed by atoms with Gasteiger partial charge >= 0.3 is 0 Å². The van der Waals surface area contributed by atoms with E-state index in [0.717, 1.165) is 18.8 Å². The lowest BCUT2D eigenvalue weighted by atomic mass is 10.1. The van der Waals surface area contributed by atoms with E-state index < -0.39 is 0 Å². The number of aliphatic hydroxyl groups excluding tert-OH is 2. The van der Waals surface area contributed by atoms with Crippen LogP contribution in [0.15, 0.2) is 0 Å². The van der Waals surface area contributed by atoms with Crippen molar-refractivity contribution in [2.24, 2.45) is 17.8 Å². The van der Waals surface area contributed by atoms with Gasteiger partial charge in [0.25, 0.3) is 0 Å². The standard InChI is InChI=1S/C7H16.2C6H14O/c1-4-5-6-7(2)3;1-5(2)4-6(3)7;1-4-6(7)5(2)3/h7H,4-6H2,1-3H3;2*5-7H,4H2,1-3H3. The van der Waals surface area contributed by atoms with E-state index >= 15 is 0 Å². The van der Waals surface area contributed by atoms with Crippen molar-refractivity contribution in [3.63, 3.8) is 0 Å². The summed E-state index contributed by atoms with van der Waals surface area (Å²) in [6.07, 6.45) is 5.71. The molecule has 0 fully saturated rings. The molecule has 0 amide bonds. The lowest BCUT2D eigenvalue weighted by Gasteiger charge is -2.09. The van der Waals surface area contributed by atoms with E-state index in [9.17, 15) is 0 Å². The molecule has 0 aliphatic rings. The molecule has 2 unspecified atom stereocenters. The highest BCUT2D eigenvalue weighted by molar-refractivity contribution is 4.54. The average molecular weight is 305 g/mol. The molecular weight excluding hydrogens is 260 g/mol. The molecule has 0 aromatic rings. The topological polar surface area (TPSA) is 40.5 Å². The smallest absolute Gasteiger partial charge is 0.0560 e. The molecule has 0 aromatic heterocycles. The fourth-order valence-electron chi connectivity index (χ4n) is 1.77. The van der Waals surface area contributed by atoms with Crippen molar-refractivity contribution in [1.82, 2.24) is 0 Å². The van der Waals surface area contributed by atoms with E-state index in [-0.39, 0.29) is 12.2 Å². The second-order valence-corrected chi connectivity index (χ2v) is 7.23. The molecule has 21 heavy (non-hydrogen) atoms. The predicted molar refractivity (Wildman–Crippen MR) is 96.6 cm³/mol. The molecule has 0 saturated heterocycles. The first-order chi connectivity index (χ1) is 9.58. The third-order valence-corrected chi connectivity index (χ3v) is 3.14. The predicted octanol–water partition coefficient (Wildman–Crippen LogP) is 5.66. The number of aliphatic hydroxyl groups is 2. The van der Waals surface area contributed by atoms with Gasteiger partial charge in [-0.05, 0) is 37.5 Å². The van der Waals surface area contributed by atoms with E-state index in [2.05, 4.69) is 34.6 Å². The first-order valence-electron chi connectivity index (χ1n) is 8.94. The highest BCUT2D eigenvalue weighted by Gasteiger charge is 2.03. The molecule has 0 saturated carbocycles. The molecule has 0 aliphatic carbocycles. The lowest BCUT2D eigenvalue weighted by molar-refractivity contribution is 0.121. The minimum Gasteiger partial charge on any atom is -0.393 e. The van der Waals surface area contributed by atoms with Gasteiger partial charge in [0.15, 0.2) is 0 Å². The summed E-state index contributed by atoms with van der Waals surface area (Å²) in [6, 6.07) is 0.